The monoisotopic (exact) mass is 576 g/mol. The molecule has 0 atom stereocenters. The maximum Gasteiger partial charge on any atom is 0.339 e. The third-order valence-corrected chi connectivity index (χ3v) is 9.52. The van der Waals surface area contributed by atoms with Crippen LogP contribution in [0.1, 0.15) is 129 Å². The summed E-state index contributed by atoms with van der Waals surface area (Å²) in [6, 6.07) is 12.4. The Hall–Kier alpha value is -2.44. The molecule has 42 heavy (non-hydrogen) atoms. The average molecular weight is 577 g/mol. The van der Waals surface area contributed by atoms with Gasteiger partial charge in [0.25, 0.3) is 0 Å². The van der Waals surface area contributed by atoms with Crippen molar-refractivity contribution in [2.45, 2.75) is 147 Å². The van der Waals surface area contributed by atoms with Crippen molar-refractivity contribution in [3.05, 3.63) is 47.5 Å². The molecule has 0 amide bonds. The topological polar surface area (TPSA) is 76.7 Å². The standard InChI is InChI=1S/C36H52N2O4/c1-33(2)19-27(20-34(3,4)37-33)41-31(39)24-14-12-23(13-15-24)25-16-17-29-26(18-25)10-9-11-30(29)32(40)42-28-21-35(5,6)38-36(7,8)22-28/h9-11,16-18,23-24,27-28,37-38H,12-15,19-22H2,1-8H3. The van der Waals surface area contributed by atoms with E-state index in [0.717, 1.165) is 62.1 Å². The molecule has 0 unspecified atom stereocenters. The number of carbonyl (C=O) groups excluding carboxylic acids is 2. The maximum atomic E-state index is 13.4. The van der Waals surface area contributed by atoms with Gasteiger partial charge in [0.1, 0.15) is 12.2 Å². The van der Waals surface area contributed by atoms with Gasteiger partial charge in [0.05, 0.1) is 11.5 Å². The molecule has 6 heteroatoms. The highest BCUT2D eigenvalue weighted by molar-refractivity contribution is 6.04. The summed E-state index contributed by atoms with van der Waals surface area (Å²) in [4.78, 5) is 26.5. The number of esters is 2. The van der Waals surface area contributed by atoms with E-state index < -0.39 is 0 Å². The largest absolute Gasteiger partial charge is 0.462 e. The molecule has 3 aliphatic rings. The van der Waals surface area contributed by atoms with Crippen molar-refractivity contribution in [2.75, 3.05) is 0 Å². The Kier molecular flexibility index (Phi) is 8.30. The highest BCUT2D eigenvalue weighted by atomic mass is 16.5. The summed E-state index contributed by atoms with van der Waals surface area (Å²) in [5.74, 6) is 0.125. The van der Waals surface area contributed by atoms with Crippen molar-refractivity contribution in [1.82, 2.24) is 10.6 Å². The van der Waals surface area contributed by atoms with Crippen molar-refractivity contribution in [1.29, 1.82) is 0 Å². The van der Waals surface area contributed by atoms with Crippen LogP contribution in [0.2, 0.25) is 0 Å². The molecule has 0 radical (unpaired) electrons. The fourth-order valence-corrected chi connectivity index (χ4v) is 8.50. The highest BCUT2D eigenvalue weighted by Crippen LogP contribution is 2.39. The highest BCUT2D eigenvalue weighted by Gasteiger charge is 2.41. The molecule has 1 aliphatic carbocycles. The molecule has 2 heterocycles. The molecule has 230 valence electrons. The lowest BCUT2D eigenvalue weighted by molar-refractivity contribution is -0.159. The Morgan fingerprint density at radius 3 is 1.76 bits per heavy atom. The third kappa shape index (κ3) is 7.37. The average Bonchev–Trinajstić information content (AvgIpc) is 2.84. The van der Waals surface area contributed by atoms with Crippen LogP contribution in [0.25, 0.3) is 10.8 Å². The zero-order chi connectivity index (χ0) is 30.5. The van der Waals surface area contributed by atoms with Crippen LogP contribution in [0, 0.1) is 5.92 Å². The lowest BCUT2D eigenvalue weighted by atomic mass is 9.78. The summed E-state index contributed by atoms with van der Waals surface area (Å²) < 4.78 is 12.2. The predicted octanol–water partition coefficient (Wildman–Crippen LogP) is 7.43. The Labute approximate surface area is 252 Å². The van der Waals surface area contributed by atoms with Gasteiger partial charge in [0.15, 0.2) is 0 Å². The lowest BCUT2D eigenvalue weighted by Gasteiger charge is -2.46. The smallest absolute Gasteiger partial charge is 0.339 e. The molecule has 0 bridgehead atoms. The number of hydrogen-bond acceptors (Lipinski definition) is 6. The number of carbonyl (C=O) groups is 2. The second-order valence-corrected chi connectivity index (χ2v) is 16.0. The lowest BCUT2D eigenvalue weighted by Crippen LogP contribution is -2.59. The van der Waals surface area contributed by atoms with Gasteiger partial charge in [-0.3, -0.25) is 4.79 Å². The number of ether oxygens (including phenoxy) is 2. The summed E-state index contributed by atoms with van der Waals surface area (Å²) in [7, 11) is 0. The van der Waals surface area contributed by atoms with Crippen LogP contribution in [0.3, 0.4) is 0 Å². The van der Waals surface area contributed by atoms with Gasteiger partial charge in [-0.15, -0.1) is 0 Å². The first kappa shape index (κ1) is 31.0. The van der Waals surface area contributed by atoms with Crippen LogP contribution in [0.15, 0.2) is 36.4 Å². The number of fused-ring (bicyclic) bond motifs is 1. The zero-order valence-corrected chi connectivity index (χ0v) is 27.1. The molecule has 0 spiro atoms. The first-order chi connectivity index (χ1) is 19.5. The van der Waals surface area contributed by atoms with Gasteiger partial charge < -0.3 is 20.1 Å². The van der Waals surface area contributed by atoms with Gasteiger partial charge in [-0.2, -0.15) is 0 Å². The maximum absolute atomic E-state index is 13.4. The number of benzene rings is 2. The molecule has 6 nitrogen and oxygen atoms in total. The summed E-state index contributed by atoms with van der Waals surface area (Å²) >= 11 is 0. The van der Waals surface area contributed by atoms with Crippen LogP contribution in [-0.2, 0) is 14.3 Å². The molecule has 3 fully saturated rings. The van der Waals surface area contributed by atoms with E-state index in [0.29, 0.717) is 11.5 Å². The number of nitrogens with one attached hydrogen (secondary N) is 2. The van der Waals surface area contributed by atoms with E-state index in [9.17, 15) is 9.59 Å². The summed E-state index contributed by atoms with van der Waals surface area (Å²) in [6.45, 7) is 17.4. The van der Waals surface area contributed by atoms with Crippen molar-refractivity contribution in [3.8, 4) is 0 Å². The minimum Gasteiger partial charge on any atom is -0.462 e. The van der Waals surface area contributed by atoms with Gasteiger partial charge in [0.2, 0.25) is 0 Å². The van der Waals surface area contributed by atoms with E-state index in [1.54, 1.807) is 0 Å². The number of rotatable bonds is 5. The number of hydrogen-bond donors (Lipinski definition) is 2. The van der Waals surface area contributed by atoms with E-state index in [-0.39, 0.29) is 52.2 Å². The van der Waals surface area contributed by atoms with Crippen LogP contribution in [0.5, 0.6) is 0 Å². The van der Waals surface area contributed by atoms with Gasteiger partial charge in [-0.25, -0.2) is 4.79 Å². The molecule has 0 aromatic heterocycles. The summed E-state index contributed by atoms with van der Waals surface area (Å²) in [5, 5.41) is 9.32. The predicted molar refractivity (Wildman–Crippen MR) is 169 cm³/mol. The van der Waals surface area contributed by atoms with Crippen LogP contribution < -0.4 is 10.6 Å². The second-order valence-electron chi connectivity index (χ2n) is 16.0. The van der Waals surface area contributed by atoms with E-state index in [1.807, 2.05) is 12.1 Å². The quantitative estimate of drug-likeness (QED) is 0.361. The van der Waals surface area contributed by atoms with E-state index in [4.69, 9.17) is 9.47 Å². The molecule has 2 aliphatic heterocycles. The Morgan fingerprint density at radius 1 is 0.690 bits per heavy atom. The molecular weight excluding hydrogens is 524 g/mol. The van der Waals surface area contributed by atoms with Crippen LogP contribution >= 0.6 is 0 Å². The first-order valence-corrected chi connectivity index (χ1v) is 16.0. The van der Waals surface area contributed by atoms with Gasteiger partial charge in [0, 0.05) is 47.8 Å². The normalized spacial score (nSPS) is 27.3. The minimum absolute atomic E-state index is 0.0193. The fraction of sp³-hybridized carbons (Fsp3) is 0.667. The molecule has 2 saturated heterocycles. The molecule has 2 aromatic rings. The van der Waals surface area contributed by atoms with Crippen molar-refractivity contribution >= 4 is 22.7 Å². The van der Waals surface area contributed by atoms with Crippen LogP contribution in [-0.4, -0.2) is 46.3 Å². The van der Waals surface area contributed by atoms with Crippen molar-refractivity contribution < 1.29 is 19.1 Å². The molecule has 5 rings (SSSR count). The van der Waals surface area contributed by atoms with Crippen molar-refractivity contribution in [2.24, 2.45) is 5.92 Å². The van der Waals surface area contributed by atoms with Crippen molar-refractivity contribution in [3.63, 3.8) is 0 Å². The molecular formula is C36H52N2O4. The van der Waals surface area contributed by atoms with E-state index >= 15 is 0 Å². The number of piperidine rings is 2. The Bertz CT molecular complexity index is 1290. The Balaban J connectivity index is 1.21. The fourth-order valence-electron chi connectivity index (χ4n) is 8.50. The second kappa shape index (κ2) is 11.2. The molecule has 1 saturated carbocycles. The Morgan fingerprint density at radius 2 is 1.21 bits per heavy atom. The van der Waals surface area contributed by atoms with E-state index in [1.165, 1.54) is 5.56 Å². The van der Waals surface area contributed by atoms with Gasteiger partial charge in [-0.1, -0.05) is 30.3 Å². The molecule has 2 N–H and O–H groups in total. The van der Waals surface area contributed by atoms with Gasteiger partial charge in [-0.05, 0) is 109 Å². The summed E-state index contributed by atoms with van der Waals surface area (Å²) in [5.41, 5.74) is 1.65. The van der Waals surface area contributed by atoms with Crippen LogP contribution in [0.4, 0.5) is 0 Å². The SMILES string of the molecule is CC1(C)CC(OC(=O)c2cccc3cc(C4CCC(C(=O)OC5CC(C)(C)NC(C)(C)C5)CC4)ccc23)CC(C)(C)N1. The minimum atomic E-state index is -0.244. The third-order valence-electron chi connectivity index (χ3n) is 9.52. The first-order valence-electron chi connectivity index (χ1n) is 16.0. The zero-order valence-electron chi connectivity index (χ0n) is 27.1. The summed E-state index contributed by atoms with van der Waals surface area (Å²) in [6.07, 6.45) is 6.78. The van der Waals surface area contributed by atoms with Gasteiger partial charge >= 0.3 is 11.9 Å². The van der Waals surface area contributed by atoms with E-state index in [2.05, 4.69) is 90.3 Å². The molecule has 2 aromatic carbocycles.